The molecule has 4 N–H and O–H groups in total. The molecular formula is C14H23N3O3. The van der Waals surface area contributed by atoms with Crippen LogP contribution in [-0.4, -0.2) is 38.8 Å². The van der Waals surface area contributed by atoms with Crippen molar-refractivity contribution in [3.8, 4) is 5.75 Å². The molecule has 0 radical (unpaired) electrons. The van der Waals surface area contributed by atoms with Crippen LogP contribution < -0.4 is 21.1 Å². The summed E-state index contributed by atoms with van der Waals surface area (Å²) in [6.45, 7) is 5.00. The molecule has 6 heteroatoms. The second-order valence-electron chi connectivity index (χ2n) is 4.58. The van der Waals surface area contributed by atoms with Gasteiger partial charge in [0, 0.05) is 13.7 Å². The second-order valence-corrected chi connectivity index (χ2v) is 4.58. The monoisotopic (exact) mass is 281 g/mol. The van der Waals surface area contributed by atoms with Crippen LogP contribution in [0.15, 0.2) is 18.2 Å². The van der Waals surface area contributed by atoms with Crippen LogP contribution in [0.5, 0.6) is 5.75 Å². The largest absolute Gasteiger partial charge is 0.489 e. The summed E-state index contributed by atoms with van der Waals surface area (Å²) in [5.41, 5.74) is 7.19. The third-order valence-electron chi connectivity index (χ3n) is 2.50. The number of methoxy groups -OCH3 is 1. The number of para-hydroxylation sites is 1. The molecule has 0 heterocycles. The Morgan fingerprint density at radius 3 is 2.80 bits per heavy atom. The molecular weight excluding hydrogens is 258 g/mol. The number of carbonyl (C=O) groups excluding carboxylic acids is 1. The number of nitrogens with one attached hydrogen (secondary N) is 2. The molecule has 0 aliphatic carbocycles. The van der Waals surface area contributed by atoms with Gasteiger partial charge in [-0.15, -0.1) is 0 Å². The Labute approximate surface area is 119 Å². The zero-order valence-electron chi connectivity index (χ0n) is 12.2. The van der Waals surface area contributed by atoms with Gasteiger partial charge >= 0.3 is 0 Å². The Morgan fingerprint density at radius 1 is 1.40 bits per heavy atom. The second kappa shape index (κ2) is 8.27. The fourth-order valence-corrected chi connectivity index (χ4v) is 1.59. The number of nitrogen functional groups attached to an aromatic ring is 1. The SMILES string of the molecule is COCCNC(=O)CNc1cccc(OC(C)C)c1N. The quantitative estimate of drug-likeness (QED) is 0.493. The number of carbonyl (C=O) groups is 1. The average Bonchev–Trinajstić information content (AvgIpc) is 2.39. The fraction of sp³-hybridized carbons (Fsp3) is 0.500. The van der Waals surface area contributed by atoms with Gasteiger partial charge in [0.05, 0.1) is 30.6 Å². The van der Waals surface area contributed by atoms with Crippen molar-refractivity contribution in [3.63, 3.8) is 0 Å². The van der Waals surface area contributed by atoms with Crippen molar-refractivity contribution < 1.29 is 14.3 Å². The summed E-state index contributed by atoms with van der Waals surface area (Å²) in [6.07, 6.45) is 0.0462. The molecule has 20 heavy (non-hydrogen) atoms. The number of ether oxygens (including phenoxy) is 2. The molecule has 0 unspecified atom stereocenters. The standard InChI is InChI=1S/C14H23N3O3/c1-10(2)20-12-6-4-5-11(14(12)15)17-9-13(18)16-7-8-19-3/h4-6,10,17H,7-9,15H2,1-3H3,(H,16,18). The number of rotatable bonds is 8. The number of amides is 1. The van der Waals surface area contributed by atoms with Crippen molar-refractivity contribution in [1.82, 2.24) is 5.32 Å². The lowest BCUT2D eigenvalue weighted by Gasteiger charge is -2.15. The summed E-state index contributed by atoms with van der Waals surface area (Å²) in [5.74, 6) is 0.501. The summed E-state index contributed by atoms with van der Waals surface area (Å²) >= 11 is 0. The lowest BCUT2D eigenvalue weighted by atomic mass is 10.2. The Balaban J connectivity index is 2.53. The Morgan fingerprint density at radius 2 is 2.15 bits per heavy atom. The summed E-state index contributed by atoms with van der Waals surface area (Å²) in [5, 5.41) is 5.72. The van der Waals surface area contributed by atoms with Gasteiger partial charge < -0.3 is 25.8 Å². The van der Waals surface area contributed by atoms with E-state index in [1.54, 1.807) is 13.2 Å². The summed E-state index contributed by atoms with van der Waals surface area (Å²) < 4.78 is 10.4. The molecule has 0 fully saturated rings. The molecule has 112 valence electrons. The van der Waals surface area contributed by atoms with Gasteiger partial charge in [-0.1, -0.05) is 6.07 Å². The van der Waals surface area contributed by atoms with Gasteiger partial charge in [0.15, 0.2) is 0 Å². The molecule has 1 aromatic rings. The van der Waals surface area contributed by atoms with Crippen LogP contribution in [0.1, 0.15) is 13.8 Å². The smallest absolute Gasteiger partial charge is 0.239 e. The van der Waals surface area contributed by atoms with Gasteiger partial charge in [0.2, 0.25) is 5.91 Å². The van der Waals surface area contributed by atoms with Gasteiger partial charge in [0.25, 0.3) is 0 Å². The molecule has 0 atom stereocenters. The molecule has 0 aliphatic heterocycles. The van der Waals surface area contributed by atoms with Crippen LogP contribution in [0.2, 0.25) is 0 Å². The normalized spacial score (nSPS) is 10.4. The van der Waals surface area contributed by atoms with E-state index in [0.717, 1.165) is 0 Å². The Kier molecular flexibility index (Phi) is 6.66. The highest BCUT2D eigenvalue weighted by molar-refractivity contribution is 5.83. The van der Waals surface area contributed by atoms with E-state index < -0.39 is 0 Å². The number of benzene rings is 1. The minimum absolute atomic E-state index is 0.0462. The topological polar surface area (TPSA) is 85.6 Å². The van der Waals surface area contributed by atoms with Crippen LogP contribution in [0.25, 0.3) is 0 Å². The van der Waals surface area contributed by atoms with Crippen LogP contribution in [0.3, 0.4) is 0 Å². The summed E-state index contributed by atoms with van der Waals surface area (Å²) in [4.78, 5) is 11.6. The van der Waals surface area contributed by atoms with E-state index in [1.165, 1.54) is 0 Å². The molecule has 0 spiro atoms. The molecule has 1 aromatic carbocycles. The first kappa shape index (κ1) is 16.1. The highest BCUT2D eigenvalue weighted by Gasteiger charge is 2.08. The minimum atomic E-state index is -0.114. The van der Waals surface area contributed by atoms with E-state index in [1.807, 2.05) is 26.0 Å². The van der Waals surface area contributed by atoms with Gasteiger partial charge in [-0.05, 0) is 26.0 Å². The maximum absolute atomic E-state index is 11.6. The van der Waals surface area contributed by atoms with Gasteiger partial charge in [-0.25, -0.2) is 0 Å². The third kappa shape index (κ3) is 5.36. The molecule has 0 bridgehead atoms. The number of anilines is 2. The van der Waals surface area contributed by atoms with Crippen molar-refractivity contribution in [2.24, 2.45) is 0 Å². The van der Waals surface area contributed by atoms with Gasteiger partial charge in [-0.3, -0.25) is 4.79 Å². The first-order valence-corrected chi connectivity index (χ1v) is 6.59. The first-order valence-electron chi connectivity index (χ1n) is 6.59. The molecule has 0 aromatic heterocycles. The minimum Gasteiger partial charge on any atom is -0.489 e. The zero-order chi connectivity index (χ0) is 15.0. The Hall–Kier alpha value is -1.95. The van der Waals surface area contributed by atoms with Crippen molar-refractivity contribution in [2.75, 3.05) is 37.9 Å². The Bertz CT molecular complexity index is 436. The highest BCUT2D eigenvalue weighted by Crippen LogP contribution is 2.29. The predicted octanol–water partition coefficient (Wildman–Crippen LogP) is 1.23. The lowest BCUT2D eigenvalue weighted by Crippen LogP contribution is -2.32. The van der Waals surface area contributed by atoms with E-state index in [9.17, 15) is 4.79 Å². The first-order chi connectivity index (χ1) is 9.54. The maximum Gasteiger partial charge on any atom is 0.239 e. The van der Waals surface area contributed by atoms with E-state index >= 15 is 0 Å². The van der Waals surface area contributed by atoms with E-state index in [2.05, 4.69) is 10.6 Å². The van der Waals surface area contributed by atoms with E-state index in [4.69, 9.17) is 15.2 Å². The molecule has 0 aliphatic rings. The average molecular weight is 281 g/mol. The number of hydrogen-bond acceptors (Lipinski definition) is 5. The van der Waals surface area contributed by atoms with Crippen LogP contribution in [0.4, 0.5) is 11.4 Å². The molecule has 6 nitrogen and oxygen atoms in total. The van der Waals surface area contributed by atoms with E-state index in [0.29, 0.717) is 30.3 Å². The predicted molar refractivity (Wildman–Crippen MR) is 80.0 cm³/mol. The summed E-state index contributed by atoms with van der Waals surface area (Å²) in [7, 11) is 1.59. The van der Waals surface area contributed by atoms with Crippen molar-refractivity contribution in [2.45, 2.75) is 20.0 Å². The molecule has 0 saturated heterocycles. The fourth-order valence-electron chi connectivity index (χ4n) is 1.59. The maximum atomic E-state index is 11.6. The molecule has 1 amide bonds. The number of nitrogens with two attached hydrogens (primary N) is 1. The van der Waals surface area contributed by atoms with Crippen LogP contribution >= 0.6 is 0 Å². The van der Waals surface area contributed by atoms with Crippen molar-refractivity contribution >= 4 is 17.3 Å². The van der Waals surface area contributed by atoms with Crippen molar-refractivity contribution in [3.05, 3.63) is 18.2 Å². The van der Waals surface area contributed by atoms with E-state index in [-0.39, 0.29) is 18.6 Å². The number of hydrogen-bond donors (Lipinski definition) is 3. The van der Waals surface area contributed by atoms with Gasteiger partial charge in [-0.2, -0.15) is 0 Å². The molecule has 1 rings (SSSR count). The zero-order valence-corrected chi connectivity index (χ0v) is 12.2. The van der Waals surface area contributed by atoms with Crippen LogP contribution in [-0.2, 0) is 9.53 Å². The van der Waals surface area contributed by atoms with Crippen LogP contribution in [0, 0.1) is 0 Å². The molecule has 0 saturated carbocycles. The summed E-state index contributed by atoms with van der Waals surface area (Å²) in [6, 6.07) is 5.45. The highest BCUT2D eigenvalue weighted by atomic mass is 16.5. The van der Waals surface area contributed by atoms with Crippen molar-refractivity contribution in [1.29, 1.82) is 0 Å². The van der Waals surface area contributed by atoms with Gasteiger partial charge in [0.1, 0.15) is 5.75 Å². The lowest BCUT2D eigenvalue weighted by molar-refractivity contribution is -0.119. The third-order valence-corrected chi connectivity index (χ3v) is 2.50.